The number of halogens is 1. The Kier molecular flexibility index (Phi) is 4.91. The van der Waals surface area contributed by atoms with Crippen molar-refractivity contribution >= 4 is 23.3 Å². The van der Waals surface area contributed by atoms with Gasteiger partial charge in [-0.25, -0.2) is 0 Å². The zero-order valence-corrected chi connectivity index (χ0v) is 14.5. The van der Waals surface area contributed by atoms with Gasteiger partial charge in [0.15, 0.2) is 11.5 Å². The molecular weight excluding hydrogens is 338 g/mol. The van der Waals surface area contributed by atoms with E-state index in [4.69, 9.17) is 11.6 Å². The predicted molar refractivity (Wildman–Crippen MR) is 96.4 cm³/mol. The maximum Gasteiger partial charge on any atom is 0.290 e. The van der Waals surface area contributed by atoms with E-state index in [-0.39, 0.29) is 11.4 Å². The number of benzene rings is 2. The van der Waals surface area contributed by atoms with Crippen molar-refractivity contribution in [2.75, 3.05) is 6.54 Å². The van der Waals surface area contributed by atoms with Gasteiger partial charge in [0.1, 0.15) is 0 Å². The Morgan fingerprint density at radius 1 is 1.12 bits per heavy atom. The first kappa shape index (κ1) is 17.2. The number of carbonyl (C=O) groups excluding carboxylic acids is 2. The van der Waals surface area contributed by atoms with Crippen LogP contribution in [0.1, 0.15) is 24.1 Å². The summed E-state index contributed by atoms with van der Waals surface area (Å²) in [6, 6.07) is 16.2. The van der Waals surface area contributed by atoms with Crippen LogP contribution in [0.3, 0.4) is 0 Å². The van der Waals surface area contributed by atoms with Gasteiger partial charge in [0.05, 0.1) is 11.6 Å². The number of carbonyl (C=O) groups is 2. The Labute approximate surface area is 151 Å². The molecule has 1 aliphatic rings. The summed E-state index contributed by atoms with van der Waals surface area (Å²) in [5.74, 6) is -1.35. The van der Waals surface area contributed by atoms with Gasteiger partial charge >= 0.3 is 0 Å². The van der Waals surface area contributed by atoms with Crippen molar-refractivity contribution in [2.45, 2.75) is 19.4 Å². The van der Waals surface area contributed by atoms with Crippen molar-refractivity contribution in [3.63, 3.8) is 0 Å². The third-order valence-electron chi connectivity index (χ3n) is 4.37. The lowest BCUT2D eigenvalue weighted by Gasteiger charge is -2.27. The Balaban J connectivity index is 1.97. The smallest absolute Gasteiger partial charge is 0.290 e. The maximum absolute atomic E-state index is 12.6. The largest absolute Gasteiger partial charge is 0.503 e. The molecule has 2 aromatic rings. The number of aliphatic hydroxyl groups is 1. The van der Waals surface area contributed by atoms with Gasteiger partial charge in [-0.15, -0.1) is 0 Å². The molecule has 0 aromatic heterocycles. The van der Waals surface area contributed by atoms with E-state index in [1.807, 2.05) is 30.3 Å². The van der Waals surface area contributed by atoms with Crippen LogP contribution in [0, 0.1) is 0 Å². The van der Waals surface area contributed by atoms with Crippen LogP contribution in [0.15, 0.2) is 65.9 Å². The number of aliphatic hydroxyl groups excluding tert-OH is 1. The summed E-state index contributed by atoms with van der Waals surface area (Å²) < 4.78 is 0. The molecule has 4 nitrogen and oxygen atoms in total. The van der Waals surface area contributed by atoms with Crippen molar-refractivity contribution in [1.82, 2.24) is 4.90 Å². The normalized spacial score (nSPS) is 17.3. The quantitative estimate of drug-likeness (QED) is 0.885. The Bertz CT molecular complexity index is 845. The number of amides is 1. The highest BCUT2D eigenvalue weighted by molar-refractivity contribution is 6.31. The van der Waals surface area contributed by atoms with Gasteiger partial charge in [-0.1, -0.05) is 60.1 Å². The number of nitrogens with zero attached hydrogens (tertiary/aromatic N) is 1. The minimum atomic E-state index is -0.664. The third-order valence-corrected chi connectivity index (χ3v) is 4.71. The van der Waals surface area contributed by atoms with Crippen molar-refractivity contribution in [3.05, 3.63) is 82.1 Å². The summed E-state index contributed by atoms with van der Waals surface area (Å²) in [4.78, 5) is 26.2. The Morgan fingerprint density at radius 2 is 1.76 bits per heavy atom. The van der Waals surface area contributed by atoms with Crippen LogP contribution in [0.4, 0.5) is 0 Å². The van der Waals surface area contributed by atoms with Gasteiger partial charge in [-0.2, -0.15) is 0 Å². The summed E-state index contributed by atoms with van der Waals surface area (Å²) >= 11 is 6.30. The Morgan fingerprint density at radius 3 is 2.40 bits per heavy atom. The lowest BCUT2D eigenvalue weighted by molar-refractivity contribution is -0.129. The summed E-state index contributed by atoms with van der Waals surface area (Å²) in [5, 5.41) is 10.7. The lowest BCUT2D eigenvalue weighted by atomic mass is 9.96. The molecule has 3 rings (SSSR count). The van der Waals surface area contributed by atoms with E-state index in [0.29, 0.717) is 23.6 Å². The van der Waals surface area contributed by atoms with E-state index in [9.17, 15) is 14.7 Å². The van der Waals surface area contributed by atoms with E-state index < -0.39 is 17.7 Å². The summed E-state index contributed by atoms with van der Waals surface area (Å²) in [7, 11) is 0. The second kappa shape index (κ2) is 7.11. The number of Topliss-reactive ketones (excluding diaryl/α,β-unsaturated/α-hetero) is 1. The van der Waals surface area contributed by atoms with E-state index >= 15 is 0 Å². The molecule has 1 aliphatic heterocycles. The fraction of sp³-hybridized carbons (Fsp3) is 0.200. The molecule has 0 bridgehead atoms. The second-order valence-electron chi connectivity index (χ2n) is 5.98. The van der Waals surface area contributed by atoms with Gasteiger partial charge in [0.2, 0.25) is 0 Å². The highest BCUT2D eigenvalue weighted by Gasteiger charge is 2.42. The standard InChI is InChI=1S/C20H18ClNO3/c1-13(23)17-18(15-9-5-6-10-16(15)21)22(20(25)19(17)24)12-11-14-7-3-2-4-8-14/h2-10,18,24H,11-12H2,1H3/t18-/m1/s1. The third kappa shape index (κ3) is 3.30. The molecular formula is C20H18ClNO3. The van der Waals surface area contributed by atoms with Crippen LogP contribution in [0.25, 0.3) is 0 Å². The molecule has 1 heterocycles. The molecule has 0 unspecified atom stereocenters. The van der Waals surface area contributed by atoms with Gasteiger partial charge in [-0.05, 0) is 30.5 Å². The molecule has 25 heavy (non-hydrogen) atoms. The van der Waals surface area contributed by atoms with Gasteiger partial charge in [-0.3, -0.25) is 9.59 Å². The molecule has 1 atom stereocenters. The number of hydrogen-bond acceptors (Lipinski definition) is 3. The molecule has 5 heteroatoms. The van der Waals surface area contributed by atoms with E-state index in [1.54, 1.807) is 24.3 Å². The van der Waals surface area contributed by atoms with Gasteiger partial charge in [0.25, 0.3) is 5.91 Å². The van der Waals surface area contributed by atoms with E-state index in [0.717, 1.165) is 5.56 Å². The Hall–Kier alpha value is -2.59. The minimum absolute atomic E-state index is 0.103. The van der Waals surface area contributed by atoms with E-state index in [2.05, 4.69) is 0 Å². The lowest BCUT2D eigenvalue weighted by Crippen LogP contribution is -2.33. The van der Waals surface area contributed by atoms with Crippen molar-refractivity contribution in [2.24, 2.45) is 0 Å². The summed E-state index contributed by atoms with van der Waals surface area (Å²) in [6.45, 7) is 1.73. The molecule has 1 amide bonds. The van der Waals surface area contributed by atoms with Crippen LogP contribution in [-0.2, 0) is 16.0 Å². The van der Waals surface area contributed by atoms with Crippen LogP contribution in [0.2, 0.25) is 5.02 Å². The van der Waals surface area contributed by atoms with Crippen LogP contribution < -0.4 is 0 Å². The topological polar surface area (TPSA) is 57.6 Å². The number of hydrogen-bond donors (Lipinski definition) is 1. The number of rotatable bonds is 5. The first-order chi connectivity index (χ1) is 12.0. The van der Waals surface area contributed by atoms with Crippen LogP contribution in [-0.4, -0.2) is 28.2 Å². The molecule has 2 aromatic carbocycles. The van der Waals surface area contributed by atoms with Crippen LogP contribution >= 0.6 is 11.6 Å². The van der Waals surface area contributed by atoms with Crippen molar-refractivity contribution in [3.8, 4) is 0 Å². The molecule has 0 aliphatic carbocycles. The second-order valence-corrected chi connectivity index (χ2v) is 6.38. The monoisotopic (exact) mass is 355 g/mol. The van der Waals surface area contributed by atoms with Gasteiger partial charge in [0, 0.05) is 11.6 Å². The molecule has 0 radical (unpaired) electrons. The van der Waals surface area contributed by atoms with Crippen molar-refractivity contribution < 1.29 is 14.7 Å². The summed E-state index contributed by atoms with van der Waals surface area (Å²) in [6.07, 6.45) is 0.617. The average molecular weight is 356 g/mol. The zero-order valence-electron chi connectivity index (χ0n) is 13.8. The highest BCUT2D eigenvalue weighted by atomic mass is 35.5. The van der Waals surface area contributed by atoms with E-state index in [1.165, 1.54) is 11.8 Å². The maximum atomic E-state index is 12.6. The molecule has 0 saturated heterocycles. The fourth-order valence-corrected chi connectivity index (χ4v) is 3.40. The average Bonchev–Trinajstić information content (AvgIpc) is 2.85. The van der Waals surface area contributed by atoms with Crippen molar-refractivity contribution in [1.29, 1.82) is 0 Å². The molecule has 0 fully saturated rings. The molecule has 0 saturated carbocycles. The first-order valence-electron chi connectivity index (χ1n) is 8.04. The predicted octanol–water partition coefficient (Wildman–Crippen LogP) is 3.87. The van der Waals surface area contributed by atoms with Gasteiger partial charge < -0.3 is 10.0 Å². The minimum Gasteiger partial charge on any atom is -0.503 e. The molecule has 0 spiro atoms. The molecule has 128 valence electrons. The van der Waals surface area contributed by atoms with Crippen LogP contribution in [0.5, 0.6) is 0 Å². The molecule has 1 N–H and O–H groups in total. The SMILES string of the molecule is CC(=O)C1=C(O)C(=O)N(CCc2ccccc2)[C@@H]1c1ccccc1Cl. The fourth-order valence-electron chi connectivity index (χ4n) is 3.16. The highest BCUT2D eigenvalue weighted by Crippen LogP contribution is 2.40. The summed E-state index contributed by atoms with van der Waals surface area (Å²) in [5.41, 5.74) is 1.81. The number of ketones is 1. The first-order valence-corrected chi connectivity index (χ1v) is 8.42. The zero-order chi connectivity index (χ0) is 18.0.